The van der Waals surface area contributed by atoms with Gasteiger partial charge in [-0.1, -0.05) is 56.4 Å². The fourth-order valence-corrected chi connectivity index (χ4v) is 8.17. The summed E-state index contributed by atoms with van der Waals surface area (Å²) in [4.78, 5) is 0.696. The largest absolute Gasteiger partial charge is 0.286 e. The van der Waals surface area contributed by atoms with Crippen molar-refractivity contribution in [2.45, 2.75) is 103 Å². The first-order chi connectivity index (χ1) is 23.1. The SMILES string of the molecule is CCCCCC[N+]1=C(/C=C/C=C/C=C2\N(CCCS(=O)(=O)O)N=C(C)C2(C)CCC)C(C)(CCCS(=O)(=O)O)c2cc(SOOO)ccc21. The van der Waals surface area contributed by atoms with Crippen LogP contribution >= 0.6 is 12.0 Å². The molecule has 49 heavy (non-hydrogen) atoms. The van der Waals surface area contributed by atoms with E-state index >= 15 is 0 Å². The molecule has 2 atom stereocenters. The van der Waals surface area contributed by atoms with Crippen molar-refractivity contribution < 1.29 is 45.1 Å². The molecule has 0 saturated carbocycles. The van der Waals surface area contributed by atoms with Gasteiger partial charge in [0.2, 0.25) is 5.69 Å². The molecule has 0 aromatic heterocycles. The number of rotatable bonds is 21. The number of unbranched alkanes of at least 4 members (excludes halogenated alkanes) is 3. The van der Waals surface area contributed by atoms with Crippen LogP contribution < -0.4 is 0 Å². The van der Waals surface area contributed by atoms with E-state index in [1.807, 2.05) is 60.5 Å². The molecule has 0 aliphatic carbocycles. The van der Waals surface area contributed by atoms with Crippen LogP contribution in [0.1, 0.15) is 98.0 Å². The second-order valence-electron chi connectivity index (χ2n) is 13.1. The van der Waals surface area contributed by atoms with Gasteiger partial charge in [0, 0.05) is 52.4 Å². The van der Waals surface area contributed by atoms with Crippen LogP contribution in [0.5, 0.6) is 0 Å². The lowest BCUT2D eigenvalue weighted by atomic mass is 9.76. The average molecular weight is 743 g/mol. The Labute approximate surface area is 296 Å². The van der Waals surface area contributed by atoms with E-state index in [0.717, 1.165) is 85.5 Å². The van der Waals surface area contributed by atoms with Gasteiger partial charge in [0.25, 0.3) is 20.2 Å². The lowest BCUT2D eigenvalue weighted by Gasteiger charge is -2.28. The molecule has 1 aromatic carbocycles. The van der Waals surface area contributed by atoms with Crippen LogP contribution in [0.2, 0.25) is 0 Å². The summed E-state index contributed by atoms with van der Waals surface area (Å²) >= 11 is 0.861. The maximum atomic E-state index is 11.7. The van der Waals surface area contributed by atoms with E-state index in [-0.39, 0.29) is 29.8 Å². The Bertz CT molecular complexity index is 1670. The maximum absolute atomic E-state index is 11.7. The molecule has 0 amide bonds. The van der Waals surface area contributed by atoms with Gasteiger partial charge >= 0.3 is 0 Å². The second kappa shape index (κ2) is 18.2. The molecule has 2 heterocycles. The van der Waals surface area contributed by atoms with Gasteiger partial charge in [0.1, 0.15) is 6.54 Å². The van der Waals surface area contributed by atoms with Gasteiger partial charge < -0.3 is 0 Å². The molecule has 1 aromatic rings. The monoisotopic (exact) mass is 742 g/mol. The van der Waals surface area contributed by atoms with Crippen LogP contribution in [0.4, 0.5) is 5.69 Å². The predicted molar refractivity (Wildman–Crippen MR) is 194 cm³/mol. The van der Waals surface area contributed by atoms with Crippen molar-refractivity contribution in [1.29, 1.82) is 0 Å². The van der Waals surface area contributed by atoms with Crippen molar-refractivity contribution in [2.24, 2.45) is 10.5 Å². The summed E-state index contributed by atoms with van der Waals surface area (Å²) in [6.07, 6.45) is 16.9. The summed E-state index contributed by atoms with van der Waals surface area (Å²) in [6, 6.07) is 5.83. The normalized spacial score (nSPS) is 22.3. The quantitative estimate of drug-likeness (QED) is 0.0217. The van der Waals surface area contributed by atoms with Gasteiger partial charge in [-0.25, -0.2) is 5.26 Å². The Morgan fingerprint density at radius 1 is 0.918 bits per heavy atom. The first-order valence-electron chi connectivity index (χ1n) is 16.8. The smallest absolute Gasteiger partial charge is 0.264 e. The molecule has 2 aliphatic rings. The minimum atomic E-state index is -4.14. The van der Waals surface area contributed by atoms with E-state index in [4.69, 9.17) is 14.7 Å². The van der Waals surface area contributed by atoms with E-state index in [9.17, 15) is 25.9 Å². The molecule has 274 valence electrons. The van der Waals surface area contributed by atoms with E-state index in [1.54, 1.807) is 0 Å². The summed E-state index contributed by atoms with van der Waals surface area (Å²) in [7, 11) is -8.21. The summed E-state index contributed by atoms with van der Waals surface area (Å²) < 4.78 is 71.7. The summed E-state index contributed by atoms with van der Waals surface area (Å²) in [5.41, 5.74) is 3.96. The Morgan fingerprint density at radius 2 is 1.63 bits per heavy atom. The minimum absolute atomic E-state index is 0.237. The molecule has 12 nitrogen and oxygen atoms in total. The molecule has 15 heteroatoms. The van der Waals surface area contributed by atoms with Crippen molar-refractivity contribution >= 4 is 49.4 Å². The minimum Gasteiger partial charge on any atom is -0.286 e. The Hall–Kier alpha value is -2.37. The molecule has 3 rings (SSSR count). The van der Waals surface area contributed by atoms with Crippen LogP contribution in [0.25, 0.3) is 0 Å². The number of benzene rings is 1. The molecule has 2 unspecified atom stereocenters. The van der Waals surface area contributed by atoms with E-state index in [1.165, 1.54) is 0 Å². The number of fused-ring (bicyclic) bond motifs is 1. The van der Waals surface area contributed by atoms with Crippen LogP contribution in [0, 0.1) is 5.41 Å². The highest BCUT2D eigenvalue weighted by atomic mass is 32.2. The van der Waals surface area contributed by atoms with E-state index in [2.05, 4.69) is 37.3 Å². The fourth-order valence-electron chi connectivity index (χ4n) is 6.77. The van der Waals surface area contributed by atoms with Crippen LogP contribution in [0.3, 0.4) is 0 Å². The second-order valence-corrected chi connectivity index (χ2v) is 17.0. The number of hydrazone groups is 1. The fraction of sp³-hybridized carbons (Fsp3) is 0.588. The van der Waals surface area contributed by atoms with Crippen molar-refractivity contribution in [3.05, 3.63) is 59.8 Å². The summed E-state index contributed by atoms with van der Waals surface area (Å²) in [5, 5.41) is 19.1. The van der Waals surface area contributed by atoms with E-state index < -0.39 is 25.7 Å². The molecule has 0 fully saturated rings. The van der Waals surface area contributed by atoms with E-state index in [0.29, 0.717) is 17.9 Å². The van der Waals surface area contributed by atoms with Gasteiger partial charge in [-0.3, -0.25) is 14.1 Å². The average Bonchev–Trinajstić information content (AvgIpc) is 3.38. The number of allylic oxidation sites excluding steroid dienone is 6. The van der Waals surface area contributed by atoms with Crippen LogP contribution in [-0.4, -0.2) is 76.8 Å². The number of hydrogen-bond donors (Lipinski definition) is 3. The Kier molecular flexibility index (Phi) is 15.3. The highest BCUT2D eigenvalue weighted by Gasteiger charge is 2.47. The summed E-state index contributed by atoms with van der Waals surface area (Å²) in [6.45, 7) is 11.6. The standard InChI is InChI=1S/C34H51N3O9S3/c1-6-8-9-13-22-36-30-19-18-28(47-46-45-38)26-29(30)34(5,21-14-24-48(39,40)41)31(36)16-11-10-12-17-32-33(4,20-7-2)27(3)35-37(32)23-15-25-49(42,43)44/h10-12,16-19,26H,6-9,13-15,20-25H2,1-5H3,(H2-,38,39,40,41,42,43,44)/p+1. The zero-order valence-corrected chi connectivity index (χ0v) is 31.6. The van der Waals surface area contributed by atoms with Crippen molar-refractivity contribution in [1.82, 2.24) is 5.01 Å². The zero-order valence-electron chi connectivity index (χ0n) is 29.2. The summed E-state index contributed by atoms with van der Waals surface area (Å²) in [5.74, 6) is -0.691. The topological polar surface area (TPSA) is 166 Å². The molecule has 0 radical (unpaired) electrons. The zero-order chi connectivity index (χ0) is 36.3. The molecular weight excluding hydrogens is 691 g/mol. The third-order valence-corrected chi connectivity index (χ3v) is 11.5. The Morgan fingerprint density at radius 3 is 2.29 bits per heavy atom. The van der Waals surface area contributed by atoms with Crippen molar-refractivity contribution in [3.63, 3.8) is 0 Å². The Balaban J connectivity index is 2.01. The van der Waals surface area contributed by atoms with Gasteiger partial charge in [-0.05, 0) is 71.1 Å². The van der Waals surface area contributed by atoms with Crippen LogP contribution in [-0.2, 0) is 35.0 Å². The lowest BCUT2D eigenvalue weighted by molar-refractivity contribution is -0.438. The molecule has 0 bridgehead atoms. The molecule has 3 N–H and O–H groups in total. The molecule has 0 saturated heterocycles. The molecule has 2 aliphatic heterocycles. The first-order valence-corrected chi connectivity index (χ1v) is 20.8. The predicted octanol–water partition coefficient (Wildman–Crippen LogP) is 7.49. The molecular formula is C34H52N3O9S3+. The third kappa shape index (κ3) is 11.3. The van der Waals surface area contributed by atoms with Crippen molar-refractivity contribution in [3.8, 4) is 0 Å². The molecule has 0 spiro atoms. The number of nitrogens with zero attached hydrogens (tertiary/aromatic N) is 3. The van der Waals surface area contributed by atoms with Gasteiger partial charge in [0.15, 0.2) is 5.71 Å². The van der Waals surface area contributed by atoms with Gasteiger partial charge in [-0.15, -0.1) is 4.33 Å². The lowest BCUT2D eigenvalue weighted by Crippen LogP contribution is -2.32. The van der Waals surface area contributed by atoms with Gasteiger partial charge in [-0.2, -0.15) is 26.5 Å². The third-order valence-electron chi connectivity index (χ3n) is 9.35. The number of hydrogen-bond acceptors (Lipinski definition) is 10. The van der Waals surface area contributed by atoms with Crippen molar-refractivity contribution in [2.75, 3.05) is 24.6 Å². The van der Waals surface area contributed by atoms with Gasteiger partial charge in [0.05, 0.1) is 29.0 Å². The first kappa shape index (κ1) is 41.1. The van der Waals surface area contributed by atoms with Crippen LogP contribution in [0.15, 0.2) is 64.3 Å². The highest BCUT2D eigenvalue weighted by molar-refractivity contribution is 7.94. The maximum Gasteiger partial charge on any atom is 0.264 e. The highest BCUT2D eigenvalue weighted by Crippen LogP contribution is 2.45.